The molecule has 0 aliphatic heterocycles. The zero-order valence-electron chi connectivity index (χ0n) is 18.3. The average Bonchev–Trinajstić information content (AvgIpc) is 3.08. The molecule has 3 rings (SSSR count). The van der Waals surface area contributed by atoms with Crippen molar-refractivity contribution in [2.75, 3.05) is 19.7 Å². The normalized spacial score (nSPS) is 15.1. The van der Waals surface area contributed by atoms with E-state index in [1.807, 2.05) is 13.8 Å². The van der Waals surface area contributed by atoms with Gasteiger partial charge in [0.15, 0.2) is 0 Å². The maximum Gasteiger partial charge on any atom is 0.329 e. The average molecular weight is 420 g/mol. The maximum absolute atomic E-state index is 13.6. The summed E-state index contributed by atoms with van der Waals surface area (Å²) < 4.78 is 7.04. The van der Waals surface area contributed by atoms with Crippen molar-refractivity contribution in [3.63, 3.8) is 0 Å². The number of esters is 1. The molecule has 2 heterocycles. The number of thiophene rings is 1. The highest BCUT2D eigenvalue weighted by Crippen LogP contribution is 2.34. The summed E-state index contributed by atoms with van der Waals surface area (Å²) in [5.74, 6) is 0.535. The zero-order valence-corrected chi connectivity index (χ0v) is 19.1. The van der Waals surface area contributed by atoms with Crippen molar-refractivity contribution >= 4 is 27.5 Å². The lowest BCUT2D eigenvalue weighted by molar-refractivity contribution is -0.148. The van der Waals surface area contributed by atoms with Crippen molar-refractivity contribution < 1.29 is 9.53 Å². The Bertz CT molecular complexity index is 928. The number of hydrogen-bond acceptors (Lipinski definition) is 6. The first-order chi connectivity index (χ1) is 13.9. The molecule has 0 amide bonds. The Morgan fingerprint density at radius 1 is 1.21 bits per heavy atom. The van der Waals surface area contributed by atoms with E-state index in [2.05, 4.69) is 18.7 Å². The Kier molecular flexibility index (Phi) is 7.11. The summed E-state index contributed by atoms with van der Waals surface area (Å²) in [7, 11) is 0. The van der Waals surface area contributed by atoms with Crippen LogP contribution >= 0.6 is 11.3 Å². The highest BCUT2D eigenvalue weighted by atomic mass is 32.1. The fourth-order valence-corrected chi connectivity index (χ4v) is 5.16. The van der Waals surface area contributed by atoms with Gasteiger partial charge in [0.1, 0.15) is 16.7 Å². The van der Waals surface area contributed by atoms with E-state index < -0.39 is 6.04 Å². The Hall–Kier alpha value is -1.73. The van der Waals surface area contributed by atoms with Gasteiger partial charge >= 0.3 is 5.97 Å². The van der Waals surface area contributed by atoms with Gasteiger partial charge in [0.05, 0.1) is 18.5 Å². The fourth-order valence-electron chi connectivity index (χ4n) is 3.89. The summed E-state index contributed by atoms with van der Waals surface area (Å²) in [6.07, 6.45) is 4.21. The van der Waals surface area contributed by atoms with E-state index in [9.17, 15) is 9.59 Å². The molecule has 0 fully saturated rings. The van der Waals surface area contributed by atoms with Gasteiger partial charge in [0, 0.05) is 4.88 Å². The maximum atomic E-state index is 13.6. The molecule has 1 atom stereocenters. The summed E-state index contributed by atoms with van der Waals surface area (Å²) in [6.45, 7) is 12.6. The van der Waals surface area contributed by atoms with Crippen LogP contribution in [0, 0.1) is 5.92 Å². The van der Waals surface area contributed by atoms with Crippen LogP contribution in [0.2, 0.25) is 0 Å². The van der Waals surface area contributed by atoms with Crippen molar-refractivity contribution in [2.45, 2.75) is 72.9 Å². The number of carbonyl (C=O) groups is 1. The van der Waals surface area contributed by atoms with Crippen LogP contribution in [0.5, 0.6) is 0 Å². The summed E-state index contributed by atoms with van der Waals surface area (Å²) in [5.41, 5.74) is 1.06. The Morgan fingerprint density at radius 2 is 1.90 bits per heavy atom. The molecule has 29 heavy (non-hydrogen) atoms. The summed E-state index contributed by atoms with van der Waals surface area (Å²) in [5, 5.41) is 0.719. The van der Waals surface area contributed by atoms with E-state index in [1.54, 1.807) is 22.8 Å². The topological polar surface area (TPSA) is 64.4 Å². The molecule has 0 aromatic carbocycles. The standard InChI is InChI=1S/C22H33N3O3S/c1-6-24(7-2)12-18-23-20-19(16-10-8-9-11-17(16)29-20)21(26)25(18)15(5)22(27)28-13-14(3)4/h14-15H,6-13H2,1-5H3. The molecule has 0 saturated carbocycles. The quantitative estimate of drug-likeness (QED) is 0.607. The number of hydrogen-bond donors (Lipinski definition) is 0. The van der Waals surface area contributed by atoms with Crippen LogP contribution < -0.4 is 5.56 Å². The molecule has 0 saturated heterocycles. The molecule has 1 unspecified atom stereocenters. The van der Waals surface area contributed by atoms with Crippen LogP contribution in [0.25, 0.3) is 10.2 Å². The molecule has 0 spiro atoms. The van der Waals surface area contributed by atoms with E-state index in [0.29, 0.717) is 19.0 Å². The van der Waals surface area contributed by atoms with Gasteiger partial charge in [-0.25, -0.2) is 9.78 Å². The molecule has 0 radical (unpaired) electrons. The lowest BCUT2D eigenvalue weighted by atomic mass is 9.97. The highest BCUT2D eigenvalue weighted by Gasteiger charge is 2.27. The third-order valence-electron chi connectivity index (χ3n) is 5.64. The lowest BCUT2D eigenvalue weighted by Crippen LogP contribution is -2.36. The third kappa shape index (κ3) is 4.56. The number of aryl methyl sites for hydroxylation is 2. The second-order valence-corrected chi connectivity index (χ2v) is 9.34. The second kappa shape index (κ2) is 9.39. The monoisotopic (exact) mass is 419 g/mol. The van der Waals surface area contributed by atoms with Crippen molar-refractivity contribution in [1.29, 1.82) is 0 Å². The van der Waals surface area contributed by atoms with E-state index in [0.717, 1.165) is 54.6 Å². The second-order valence-electron chi connectivity index (χ2n) is 8.26. The minimum atomic E-state index is -0.692. The van der Waals surface area contributed by atoms with Crippen LogP contribution in [-0.4, -0.2) is 40.1 Å². The number of fused-ring (bicyclic) bond motifs is 3. The molecule has 0 bridgehead atoms. The van der Waals surface area contributed by atoms with Gasteiger partial charge in [-0.3, -0.25) is 14.3 Å². The lowest BCUT2D eigenvalue weighted by Gasteiger charge is -2.23. The predicted octanol–water partition coefficient (Wildman–Crippen LogP) is 3.94. The number of nitrogens with zero attached hydrogens (tertiary/aromatic N) is 3. The molecule has 160 valence electrons. The molecule has 2 aromatic rings. The predicted molar refractivity (Wildman–Crippen MR) is 118 cm³/mol. The van der Waals surface area contributed by atoms with Crippen molar-refractivity contribution in [3.8, 4) is 0 Å². The summed E-state index contributed by atoms with van der Waals surface area (Å²) in [6, 6.07) is -0.692. The smallest absolute Gasteiger partial charge is 0.329 e. The molecular formula is C22H33N3O3S. The first-order valence-electron chi connectivity index (χ1n) is 10.8. The number of ether oxygens (including phenoxy) is 1. The van der Waals surface area contributed by atoms with Crippen molar-refractivity contribution in [3.05, 3.63) is 26.6 Å². The van der Waals surface area contributed by atoms with Crippen LogP contribution in [0.1, 0.15) is 69.8 Å². The van der Waals surface area contributed by atoms with Crippen LogP contribution in [-0.2, 0) is 28.9 Å². The van der Waals surface area contributed by atoms with E-state index in [4.69, 9.17) is 9.72 Å². The van der Waals surface area contributed by atoms with E-state index >= 15 is 0 Å². The molecular weight excluding hydrogens is 386 g/mol. The fraction of sp³-hybridized carbons (Fsp3) is 0.682. The summed E-state index contributed by atoms with van der Waals surface area (Å²) in [4.78, 5) is 35.6. The molecule has 7 heteroatoms. The van der Waals surface area contributed by atoms with Crippen LogP contribution in [0.4, 0.5) is 0 Å². The SMILES string of the molecule is CCN(CC)Cc1nc2sc3c(c2c(=O)n1C(C)C(=O)OCC(C)C)CCCC3. The largest absolute Gasteiger partial charge is 0.464 e. The number of rotatable bonds is 8. The van der Waals surface area contributed by atoms with E-state index in [1.165, 1.54) is 4.88 Å². The van der Waals surface area contributed by atoms with Gasteiger partial charge in [-0.15, -0.1) is 11.3 Å². The third-order valence-corrected chi connectivity index (χ3v) is 6.83. The number of carbonyl (C=O) groups excluding carboxylic acids is 1. The first kappa shape index (κ1) is 22.0. The van der Waals surface area contributed by atoms with Gasteiger partial charge in [0.25, 0.3) is 5.56 Å². The zero-order chi connectivity index (χ0) is 21.1. The van der Waals surface area contributed by atoms with Crippen LogP contribution in [0.15, 0.2) is 4.79 Å². The Labute approximate surface area is 176 Å². The minimum Gasteiger partial charge on any atom is -0.464 e. The van der Waals surface area contributed by atoms with Gasteiger partial charge in [-0.05, 0) is 57.2 Å². The Balaban J connectivity index is 2.11. The summed E-state index contributed by atoms with van der Waals surface area (Å²) >= 11 is 1.65. The van der Waals surface area contributed by atoms with E-state index in [-0.39, 0.29) is 17.4 Å². The van der Waals surface area contributed by atoms with Crippen molar-refractivity contribution in [2.24, 2.45) is 5.92 Å². The van der Waals surface area contributed by atoms with Gasteiger partial charge in [-0.1, -0.05) is 27.7 Å². The van der Waals surface area contributed by atoms with Crippen molar-refractivity contribution in [1.82, 2.24) is 14.5 Å². The van der Waals surface area contributed by atoms with Gasteiger partial charge in [-0.2, -0.15) is 0 Å². The van der Waals surface area contributed by atoms with Gasteiger partial charge < -0.3 is 4.74 Å². The molecule has 0 N–H and O–H groups in total. The number of aromatic nitrogens is 2. The van der Waals surface area contributed by atoms with Crippen LogP contribution in [0.3, 0.4) is 0 Å². The van der Waals surface area contributed by atoms with Gasteiger partial charge in [0.2, 0.25) is 0 Å². The minimum absolute atomic E-state index is 0.0921. The highest BCUT2D eigenvalue weighted by molar-refractivity contribution is 7.18. The molecule has 6 nitrogen and oxygen atoms in total. The first-order valence-corrected chi connectivity index (χ1v) is 11.6. The molecule has 1 aliphatic rings. The Morgan fingerprint density at radius 3 is 2.55 bits per heavy atom. The molecule has 2 aromatic heterocycles. The molecule has 1 aliphatic carbocycles.